The standard InChI is InChI=1S/C22H33NO4/c1-6-20(25)27-16-18(24)14-23-21(2,3)12-19(13-22(23,4)5)26-15-17-10-8-7-9-11-17/h6-11,18-19,24H,1,12-16H2,2-5H3. The van der Waals surface area contributed by atoms with Crippen LogP contribution in [0.5, 0.6) is 0 Å². The fraction of sp³-hybridized carbons (Fsp3) is 0.591. The quantitative estimate of drug-likeness (QED) is 0.558. The summed E-state index contributed by atoms with van der Waals surface area (Å²) in [6.07, 6.45) is 2.28. The molecule has 1 fully saturated rings. The van der Waals surface area contributed by atoms with E-state index >= 15 is 0 Å². The zero-order valence-electron chi connectivity index (χ0n) is 17.0. The Hall–Kier alpha value is -1.69. The van der Waals surface area contributed by atoms with Crippen molar-refractivity contribution in [2.24, 2.45) is 0 Å². The Morgan fingerprint density at radius 1 is 1.26 bits per heavy atom. The van der Waals surface area contributed by atoms with Crippen molar-refractivity contribution in [3.63, 3.8) is 0 Å². The van der Waals surface area contributed by atoms with Crippen molar-refractivity contribution in [3.8, 4) is 0 Å². The summed E-state index contributed by atoms with van der Waals surface area (Å²) in [6, 6.07) is 10.2. The molecule has 0 aliphatic carbocycles. The SMILES string of the molecule is C=CC(=O)OCC(O)CN1C(C)(C)CC(OCc2ccccc2)CC1(C)C. The molecule has 1 aliphatic heterocycles. The van der Waals surface area contributed by atoms with Gasteiger partial charge in [-0.05, 0) is 46.1 Å². The number of piperidine rings is 1. The topological polar surface area (TPSA) is 59.0 Å². The summed E-state index contributed by atoms with van der Waals surface area (Å²) in [7, 11) is 0. The number of nitrogens with zero attached hydrogens (tertiary/aromatic N) is 1. The van der Waals surface area contributed by atoms with Crippen molar-refractivity contribution in [1.29, 1.82) is 0 Å². The minimum absolute atomic E-state index is 0.0263. The molecule has 1 aromatic rings. The predicted molar refractivity (Wildman–Crippen MR) is 106 cm³/mol. The number of rotatable bonds is 8. The van der Waals surface area contributed by atoms with Gasteiger partial charge in [0.25, 0.3) is 0 Å². The van der Waals surface area contributed by atoms with Crippen LogP contribution in [0.15, 0.2) is 43.0 Å². The van der Waals surface area contributed by atoms with Gasteiger partial charge in [-0.2, -0.15) is 0 Å². The van der Waals surface area contributed by atoms with E-state index in [1.807, 2.05) is 18.2 Å². The van der Waals surface area contributed by atoms with Crippen molar-refractivity contribution >= 4 is 5.97 Å². The molecule has 0 bridgehead atoms. The highest BCUT2D eigenvalue weighted by atomic mass is 16.5. The molecule has 2 rings (SSSR count). The van der Waals surface area contributed by atoms with Crippen LogP contribution in [-0.2, 0) is 20.9 Å². The molecule has 0 spiro atoms. The maximum atomic E-state index is 11.2. The second-order valence-corrected chi connectivity index (χ2v) is 8.55. The summed E-state index contributed by atoms with van der Waals surface area (Å²) in [4.78, 5) is 13.5. The maximum absolute atomic E-state index is 11.2. The van der Waals surface area contributed by atoms with Crippen LogP contribution in [-0.4, -0.2) is 52.4 Å². The average Bonchev–Trinajstić information content (AvgIpc) is 2.61. The first-order valence-corrected chi connectivity index (χ1v) is 9.54. The van der Waals surface area contributed by atoms with Crippen molar-refractivity contribution in [2.75, 3.05) is 13.2 Å². The van der Waals surface area contributed by atoms with Crippen molar-refractivity contribution < 1.29 is 19.4 Å². The van der Waals surface area contributed by atoms with Crippen LogP contribution in [0.3, 0.4) is 0 Å². The van der Waals surface area contributed by atoms with Gasteiger partial charge in [-0.25, -0.2) is 4.79 Å². The van der Waals surface area contributed by atoms with Crippen LogP contribution in [0.1, 0.15) is 46.1 Å². The lowest BCUT2D eigenvalue weighted by molar-refractivity contribution is -0.145. The van der Waals surface area contributed by atoms with E-state index in [2.05, 4.69) is 51.3 Å². The van der Waals surface area contributed by atoms with Crippen LogP contribution in [0.25, 0.3) is 0 Å². The Kier molecular flexibility index (Phi) is 7.20. The van der Waals surface area contributed by atoms with E-state index in [9.17, 15) is 9.90 Å². The zero-order chi connectivity index (χ0) is 20.1. The summed E-state index contributed by atoms with van der Waals surface area (Å²) in [5, 5.41) is 10.3. The van der Waals surface area contributed by atoms with Gasteiger partial charge in [0.2, 0.25) is 0 Å². The number of carbonyl (C=O) groups excluding carboxylic acids is 1. The molecule has 1 unspecified atom stereocenters. The van der Waals surface area contributed by atoms with Gasteiger partial charge in [-0.1, -0.05) is 36.9 Å². The minimum atomic E-state index is -0.741. The monoisotopic (exact) mass is 375 g/mol. The molecule has 5 nitrogen and oxygen atoms in total. The summed E-state index contributed by atoms with van der Waals surface area (Å²) in [5.74, 6) is -0.513. The van der Waals surface area contributed by atoms with Crippen LogP contribution in [0.2, 0.25) is 0 Å². The van der Waals surface area contributed by atoms with E-state index in [0.717, 1.165) is 18.9 Å². The fourth-order valence-electron chi connectivity index (χ4n) is 4.13. The van der Waals surface area contributed by atoms with Crippen molar-refractivity contribution in [3.05, 3.63) is 48.6 Å². The first-order chi connectivity index (χ1) is 12.6. The van der Waals surface area contributed by atoms with Crippen molar-refractivity contribution in [2.45, 2.75) is 70.4 Å². The summed E-state index contributed by atoms with van der Waals surface area (Å²) in [6.45, 7) is 13.1. The van der Waals surface area contributed by atoms with Crippen LogP contribution in [0.4, 0.5) is 0 Å². The molecular formula is C22H33NO4. The molecule has 0 radical (unpaired) electrons. The molecule has 1 heterocycles. The molecule has 27 heavy (non-hydrogen) atoms. The second-order valence-electron chi connectivity index (χ2n) is 8.55. The Bertz CT molecular complexity index is 608. The van der Waals surface area contributed by atoms with E-state index in [0.29, 0.717) is 13.2 Å². The number of β-amino-alcohol motifs (C(OH)–C–C–N with tert-alkyl or cyclic N) is 1. The molecule has 1 atom stereocenters. The number of hydrogen-bond donors (Lipinski definition) is 1. The number of ether oxygens (including phenoxy) is 2. The van der Waals surface area contributed by atoms with Crippen molar-refractivity contribution in [1.82, 2.24) is 4.90 Å². The summed E-state index contributed by atoms with van der Waals surface area (Å²) >= 11 is 0. The molecule has 1 N–H and O–H groups in total. The van der Waals surface area contributed by atoms with E-state index < -0.39 is 12.1 Å². The van der Waals surface area contributed by atoms with Gasteiger partial charge in [0, 0.05) is 23.7 Å². The highest BCUT2D eigenvalue weighted by molar-refractivity contribution is 5.81. The third-order valence-electron chi connectivity index (χ3n) is 5.22. The molecule has 0 amide bonds. The molecule has 1 saturated heterocycles. The highest BCUT2D eigenvalue weighted by Gasteiger charge is 2.46. The lowest BCUT2D eigenvalue weighted by Gasteiger charge is -2.55. The highest BCUT2D eigenvalue weighted by Crippen LogP contribution is 2.39. The van der Waals surface area contributed by atoms with Gasteiger partial charge in [0.15, 0.2) is 0 Å². The number of esters is 1. The summed E-state index contributed by atoms with van der Waals surface area (Å²) < 4.78 is 11.2. The number of benzene rings is 1. The number of likely N-dealkylation sites (tertiary alicyclic amines) is 1. The molecule has 1 aliphatic rings. The molecule has 0 aromatic heterocycles. The third-order valence-corrected chi connectivity index (χ3v) is 5.22. The number of aliphatic hydroxyl groups excluding tert-OH is 1. The second kappa shape index (κ2) is 9.00. The average molecular weight is 376 g/mol. The van der Waals surface area contributed by atoms with E-state index in [-0.39, 0.29) is 23.8 Å². The van der Waals surface area contributed by atoms with Gasteiger partial charge in [0.1, 0.15) is 12.7 Å². The number of aliphatic hydroxyl groups is 1. The minimum Gasteiger partial charge on any atom is -0.460 e. The Morgan fingerprint density at radius 2 is 1.85 bits per heavy atom. The zero-order valence-corrected chi connectivity index (χ0v) is 17.0. The summed E-state index contributed by atoms with van der Waals surface area (Å²) in [5.41, 5.74) is 0.883. The Morgan fingerprint density at radius 3 is 2.41 bits per heavy atom. The normalized spacial score (nSPS) is 20.8. The number of carbonyl (C=O) groups is 1. The molecule has 150 valence electrons. The molecule has 5 heteroatoms. The maximum Gasteiger partial charge on any atom is 0.330 e. The Balaban J connectivity index is 1.96. The van der Waals surface area contributed by atoms with E-state index in [1.54, 1.807) is 0 Å². The third kappa shape index (κ3) is 6.16. The van der Waals surface area contributed by atoms with Crippen LogP contribution >= 0.6 is 0 Å². The lowest BCUT2D eigenvalue weighted by Crippen LogP contribution is -2.63. The van der Waals surface area contributed by atoms with Gasteiger partial charge in [-0.3, -0.25) is 4.90 Å². The fourth-order valence-corrected chi connectivity index (χ4v) is 4.13. The smallest absolute Gasteiger partial charge is 0.330 e. The molecule has 1 aromatic carbocycles. The molecule has 0 saturated carbocycles. The van der Waals surface area contributed by atoms with E-state index in [1.165, 1.54) is 5.56 Å². The van der Waals surface area contributed by atoms with Crippen LogP contribution in [0, 0.1) is 0 Å². The van der Waals surface area contributed by atoms with Crippen LogP contribution < -0.4 is 0 Å². The van der Waals surface area contributed by atoms with Gasteiger partial charge in [-0.15, -0.1) is 0 Å². The van der Waals surface area contributed by atoms with E-state index in [4.69, 9.17) is 9.47 Å². The Labute approximate surface area is 163 Å². The molecular weight excluding hydrogens is 342 g/mol. The van der Waals surface area contributed by atoms with Gasteiger partial charge >= 0.3 is 5.97 Å². The first kappa shape index (κ1) is 21.6. The number of hydrogen-bond acceptors (Lipinski definition) is 5. The van der Waals surface area contributed by atoms with Gasteiger partial charge in [0.05, 0.1) is 12.7 Å². The lowest BCUT2D eigenvalue weighted by atomic mass is 9.78. The van der Waals surface area contributed by atoms with Gasteiger partial charge < -0.3 is 14.6 Å². The largest absolute Gasteiger partial charge is 0.460 e. The first-order valence-electron chi connectivity index (χ1n) is 9.54. The predicted octanol–water partition coefficient (Wildman–Crippen LogP) is 3.31.